The van der Waals surface area contributed by atoms with Crippen LogP contribution in [0.3, 0.4) is 0 Å². The molecule has 5 heteroatoms. The number of para-hydroxylation sites is 1. The lowest BCUT2D eigenvalue weighted by Gasteiger charge is -2.19. The third-order valence-electron chi connectivity index (χ3n) is 3.64. The molecule has 0 aliphatic carbocycles. The second-order valence-electron chi connectivity index (χ2n) is 5.04. The van der Waals surface area contributed by atoms with Crippen LogP contribution < -0.4 is 4.31 Å². The summed E-state index contributed by atoms with van der Waals surface area (Å²) >= 11 is 4.57. The van der Waals surface area contributed by atoms with Gasteiger partial charge in [-0.25, -0.2) is 14.4 Å². The Morgan fingerprint density at radius 3 is 2.73 bits per heavy atom. The summed E-state index contributed by atoms with van der Waals surface area (Å²) in [7, 11) is 0. The molecule has 0 aliphatic heterocycles. The lowest BCUT2D eigenvalue weighted by Crippen LogP contribution is -2.13. The maximum Gasteiger partial charge on any atom is 0.149 e. The summed E-state index contributed by atoms with van der Waals surface area (Å²) in [5, 5.41) is 0.945. The van der Waals surface area contributed by atoms with E-state index < -0.39 is 0 Å². The van der Waals surface area contributed by atoms with Crippen LogP contribution in [0.1, 0.15) is 18.1 Å². The van der Waals surface area contributed by atoms with Gasteiger partial charge in [0.1, 0.15) is 18.0 Å². The molecule has 112 valence electrons. The first-order chi connectivity index (χ1) is 10.7. The Labute approximate surface area is 134 Å². The molecule has 3 rings (SSSR count). The van der Waals surface area contributed by atoms with Gasteiger partial charge in [-0.05, 0) is 41.8 Å². The summed E-state index contributed by atoms with van der Waals surface area (Å²) in [6.07, 6.45) is 2.31. The topological polar surface area (TPSA) is 29.0 Å². The van der Waals surface area contributed by atoms with Crippen molar-refractivity contribution in [2.45, 2.75) is 19.9 Å². The molecule has 3 nitrogen and oxygen atoms in total. The number of benzene rings is 2. The van der Waals surface area contributed by atoms with E-state index in [2.05, 4.69) is 22.8 Å². The molecule has 0 atom stereocenters. The van der Waals surface area contributed by atoms with Crippen molar-refractivity contribution in [1.82, 2.24) is 9.97 Å². The maximum atomic E-state index is 13.3. The van der Waals surface area contributed by atoms with Crippen molar-refractivity contribution in [2.24, 2.45) is 0 Å². The Morgan fingerprint density at radius 1 is 1.09 bits per heavy atom. The first kappa shape index (κ1) is 14.8. The summed E-state index contributed by atoms with van der Waals surface area (Å²) in [5.41, 5.74) is 2.90. The summed E-state index contributed by atoms with van der Waals surface area (Å²) in [6, 6.07) is 12.7. The first-order valence-electron chi connectivity index (χ1n) is 7.12. The fourth-order valence-electron chi connectivity index (χ4n) is 2.51. The molecule has 0 saturated carbocycles. The van der Waals surface area contributed by atoms with Gasteiger partial charge in [0, 0.05) is 5.39 Å². The minimum absolute atomic E-state index is 0.209. The van der Waals surface area contributed by atoms with E-state index in [0.717, 1.165) is 34.3 Å². The molecule has 0 aliphatic rings. The highest BCUT2D eigenvalue weighted by atomic mass is 32.1. The lowest BCUT2D eigenvalue weighted by molar-refractivity contribution is 0.624. The van der Waals surface area contributed by atoms with Crippen molar-refractivity contribution in [2.75, 3.05) is 4.31 Å². The first-order valence-corrected chi connectivity index (χ1v) is 7.52. The molecule has 0 fully saturated rings. The van der Waals surface area contributed by atoms with Crippen molar-refractivity contribution in [3.8, 4) is 0 Å². The highest BCUT2D eigenvalue weighted by Crippen LogP contribution is 2.26. The minimum atomic E-state index is -0.209. The quantitative estimate of drug-likeness (QED) is 0.733. The van der Waals surface area contributed by atoms with E-state index in [1.54, 1.807) is 16.4 Å². The number of fused-ring (bicyclic) bond motifs is 1. The summed E-state index contributed by atoms with van der Waals surface area (Å²) < 4.78 is 15.1. The molecule has 2 aromatic carbocycles. The molecule has 0 N–H and O–H groups in total. The normalized spacial score (nSPS) is 10.9. The smallest absolute Gasteiger partial charge is 0.149 e. The van der Waals surface area contributed by atoms with E-state index in [1.807, 2.05) is 31.2 Å². The second-order valence-corrected chi connectivity index (χ2v) is 5.52. The predicted molar refractivity (Wildman–Crippen MR) is 90.5 cm³/mol. The number of anilines is 1. The van der Waals surface area contributed by atoms with Crippen LogP contribution in [0.4, 0.5) is 10.2 Å². The van der Waals surface area contributed by atoms with Gasteiger partial charge in [-0.15, -0.1) is 0 Å². The monoisotopic (exact) mass is 313 g/mol. The van der Waals surface area contributed by atoms with E-state index in [9.17, 15) is 4.39 Å². The number of hydrogen-bond acceptors (Lipinski definition) is 4. The molecule has 1 heterocycles. The van der Waals surface area contributed by atoms with Gasteiger partial charge in [-0.2, -0.15) is 0 Å². The van der Waals surface area contributed by atoms with Gasteiger partial charge >= 0.3 is 0 Å². The highest BCUT2D eigenvalue weighted by Gasteiger charge is 2.12. The SMILES string of the molecule is CCc1cc(F)ccc1CN(S)c1ncnc2ccccc12. The van der Waals surface area contributed by atoms with E-state index in [1.165, 1.54) is 12.4 Å². The van der Waals surface area contributed by atoms with Crippen molar-refractivity contribution >= 4 is 29.5 Å². The van der Waals surface area contributed by atoms with Crippen LogP contribution in [0, 0.1) is 5.82 Å². The summed E-state index contributed by atoms with van der Waals surface area (Å²) in [6.45, 7) is 2.56. The van der Waals surface area contributed by atoms with Crippen LogP contribution in [0.2, 0.25) is 0 Å². The third kappa shape index (κ3) is 2.90. The van der Waals surface area contributed by atoms with Crippen LogP contribution in [-0.4, -0.2) is 9.97 Å². The van der Waals surface area contributed by atoms with Crippen LogP contribution >= 0.6 is 12.8 Å². The zero-order valence-corrected chi connectivity index (χ0v) is 13.1. The second kappa shape index (κ2) is 6.32. The van der Waals surface area contributed by atoms with E-state index in [0.29, 0.717) is 6.54 Å². The third-order valence-corrected chi connectivity index (χ3v) is 3.97. The highest BCUT2D eigenvalue weighted by molar-refractivity contribution is 7.81. The largest absolute Gasteiger partial charge is 0.298 e. The van der Waals surface area contributed by atoms with Crippen molar-refractivity contribution in [1.29, 1.82) is 0 Å². The average molecular weight is 313 g/mol. The molecule has 0 unspecified atom stereocenters. The van der Waals surface area contributed by atoms with Gasteiger partial charge in [0.05, 0.1) is 12.1 Å². The molecule has 0 radical (unpaired) electrons. The van der Waals surface area contributed by atoms with E-state index >= 15 is 0 Å². The molecular weight excluding hydrogens is 297 g/mol. The number of nitrogens with zero attached hydrogens (tertiary/aromatic N) is 3. The molecule has 0 bridgehead atoms. The van der Waals surface area contributed by atoms with Gasteiger partial charge < -0.3 is 0 Å². The van der Waals surface area contributed by atoms with Crippen molar-refractivity contribution in [3.63, 3.8) is 0 Å². The van der Waals surface area contributed by atoms with Gasteiger partial charge in [-0.3, -0.25) is 4.31 Å². The molecule has 0 saturated heterocycles. The number of halogens is 1. The van der Waals surface area contributed by atoms with Gasteiger partial charge in [0.25, 0.3) is 0 Å². The number of rotatable bonds is 4. The molecule has 1 aromatic heterocycles. The average Bonchev–Trinajstić information content (AvgIpc) is 2.55. The van der Waals surface area contributed by atoms with Crippen LogP contribution in [-0.2, 0) is 13.0 Å². The van der Waals surface area contributed by atoms with E-state index in [4.69, 9.17) is 0 Å². The zero-order chi connectivity index (χ0) is 15.5. The Kier molecular flexibility index (Phi) is 4.24. The summed E-state index contributed by atoms with van der Waals surface area (Å²) in [4.78, 5) is 8.60. The van der Waals surface area contributed by atoms with Gasteiger partial charge in [-0.1, -0.05) is 37.9 Å². The van der Waals surface area contributed by atoms with Gasteiger partial charge in [0.15, 0.2) is 0 Å². The zero-order valence-electron chi connectivity index (χ0n) is 12.2. The number of aryl methyl sites for hydroxylation is 1. The summed E-state index contributed by atoms with van der Waals surface area (Å²) in [5.74, 6) is 0.541. The Bertz CT molecular complexity index is 802. The molecular formula is C17H16FN3S. The number of aromatic nitrogens is 2. The number of hydrogen-bond donors (Lipinski definition) is 1. The van der Waals surface area contributed by atoms with Crippen molar-refractivity contribution in [3.05, 3.63) is 65.7 Å². The molecule has 22 heavy (non-hydrogen) atoms. The van der Waals surface area contributed by atoms with Crippen molar-refractivity contribution < 1.29 is 4.39 Å². The van der Waals surface area contributed by atoms with Crippen LogP contribution in [0.25, 0.3) is 10.9 Å². The predicted octanol–water partition coefficient (Wildman–Crippen LogP) is 4.18. The van der Waals surface area contributed by atoms with Gasteiger partial charge in [0.2, 0.25) is 0 Å². The maximum absolute atomic E-state index is 13.3. The standard InChI is InChI=1S/C17H16FN3S/c1-2-12-9-14(18)8-7-13(12)10-21(22)17-15-5-3-4-6-16(15)19-11-20-17/h3-9,11,22H,2,10H2,1H3. The molecule has 3 aromatic rings. The van der Waals surface area contributed by atoms with Crippen LogP contribution in [0.15, 0.2) is 48.8 Å². The molecule has 0 amide bonds. The number of thiol groups is 1. The van der Waals surface area contributed by atoms with Crippen LogP contribution in [0.5, 0.6) is 0 Å². The fraction of sp³-hybridized carbons (Fsp3) is 0.176. The Hall–Kier alpha value is -2.14. The molecule has 0 spiro atoms. The Balaban J connectivity index is 1.95. The lowest BCUT2D eigenvalue weighted by atomic mass is 10.0. The minimum Gasteiger partial charge on any atom is -0.298 e. The fourth-order valence-corrected chi connectivity index (χ4v) is 2.82. The Morgan fingerprint density at radius 2 is 1.91 bits per heavy atom. The van der Waals surface area contributed by atoms with E-state index in [-0.39, 0.29) is 5.82 Å².